The predicted molar refractivity (Wildman–Crippen MR) is 138 cm³/mol. The van der Waals surface area contributed by atoms with Crippen LogP contribution in [0.4, 0.5) is 0 Å². The Morgan fingerprint density at radius 2 is 1.57 bits per heavy atom. The van der Waals surface area contributed by atoms with Crippen LogP contribution in [0.1, 0.15) is 51.4 Å². The van der Waals surface area contributed by atoms with Crippen molar-refractivity contribution in [2.75, 3.05) is 26.2 Å². The molecule has 1 saturated heterocycles. The van der Waals surface area contributed by atoms with Crippen molar-refractivity contribution in [1.29, 1.82) is 0 Å². The van der Waals surface area contributed by atoms with Gasteiger partial charge in [0.2, 0.25) is 5.91 Å². The second-order valence-corrected chi connectivity index (χ2v) is 9.78. The lowest BCUT2D eigenvalue weighted by Crippen LogP contribution is -2.49. The number of benzene rings is 3. The van der Waals surface area contributed by atoms with E-state index in [1.54, 1.807) is 0 Å². The van der Waals surface area contributed by atoms with Crippen molar-refractivity contribution in [3.05, 3.63) is 107 Å². The summed E-state index contributed by atoms with van der Waals surface area (Å²) in [6, 6.07) is 27.0. The zero-order chi connectivity index (χ0) is 24.2. The Bertz CT molecular complexity index is 1180. The number of carbonyl (C=O) groups excluding carboxylic acids is 2. The van der Waals surface area contributed by atoms with Gasteiger partial charge in [-0.05, 0) is 48.1 Å². The first-order valence-corrected chi connectivity index (χ1v) is 12.6. The average molecular weight is 468 g/mol. The van der Waals surface area contributed by atoms with Gasteiger partial charge >= 0.3 is 0 Å². The molecule has 0 spiro atoms. The Morgan fingerprint density at radius 1 is 0.886 bits per heavy atom. The highest BCUT2D eigenvalue weighted by atomic mass is 16.2. The number of aryl methyl sites for hydroxylation is 1. The third-order valence-corrected chi connectivity index (χ3v) is 7.40. The molecule has 1 N–H and O–H groups in total. The highest BCUT2D eigenvalue weighted by Gasteiger charge is 2.30. The zero-order valence-corrected chi connectivity index (χ0v) is 20.3. The average Bonchev–Trinajstić information content (AvgIpc) is 2.89. The van der Waals surface area contributed by atoms with Crippen molar-refractivity contribution in [3.63, 3.8) is 0 Å². The molecule has 1 unspecified atom stereocenters. The fourth-order valence-electron chi connectivity index (χ4n) is 5.43. The highest BCUT2D eigenvalue weighted by Crippen LogP contribution is 2.33. The minimum Gasteiger partial charge on any atom is -0.349 e. The number of hydrogen-bond acceptors (Lipinski definition) is 3. The van der Waals surface area contributed by atoms with Crippen molar-refractivity contribution >= 4 is 11.8 Å². The van der Waals surface area contributed by atoms with Crippen LogP contribution in [0, 0.1) is 6.92 Å². The molecule has 1 atom stereocenters. The van der Waals surface area contributed by atoms with E-state index in [0.717, 1.165) is 37.1 Å². The minimum absolute atomic E-state index is 0.0215. The van der Waals surface area contributed by atoms with Gasteiger partial charge in [-0.1, -0.05) is 72.8 Å². The number of piperidine rings is 1. The normalized spacial score (nSPS) is 18.7. The van der Waals surface area contributed by atoms with Crippen LogP contribution in [0.3, 0.4) is 0 Å². The summed E-state index contributed by atoms with van der Waals surface area (Å²) in [4.78, 5) is 30.1. The monoisotopic (exact) mass is 467 g/mol. The number of amides is 2. The standard InChI is InChI=1S/C30H33N3O2/c1-22-9-5-7-13-26(22)30(35)31-25-15-17-33(18-16-25)29(34)21-32-19-24-12-6-8-14-27(24)28(20-32)23-10-3-2-4-11-23/h2-14,25,28H,15-21H2,1H3,(H,31,35). The van der Waals surface area contributed by atoms with Crippen LogP contribution in [-0.4, -0.2) is 53.8 Å². The first-order chi connectivity index (χ1) is 17.1. The molecular formula is C30H33N3O2. The summed E-state index contributed by atoms with van der Waals surface area (Å²) in [7, 11) is 0. The van der Waals surface area contributed by atoms with Gasteiger partial charge in [-0.3, -0.25) is 14.5 Å². The van der Waals surface area contributed by atoms with E-state index in [0.29, 0.717) is 19.6 Å². The fraction of sp³-hybridized carbons (Fsp3) is 0.333. The molecule has 0 bridgehead atoms. The second kappa shape index (κ2) is 10.4. The first kappa shape index (κ1) is 23.3. The number of carbonyl (C=O) groups is 2. The summed E-state index contributed by atoms with van der Waals surface area (Å²) in [5, 5.41) is 3.16. The summed E-state index contributed by atoms with van der Waals surface area (Å²) in [5.41, 5.74) is 5.67. The maximum Gasteiger partial charge on any atom is 0.251 e. The quantitative estimate of drug-likeness (QED) is 0.607. The van der Waals surface area contributed by atoms with Crippen LogP contribution >= 0.6 is 0 Å². The summed E-state index contributed by atoms with van der Waals surface area (Å²) >= 11 is 0. The molecule has 0 aromatic heterocycles. The molecule has 5 heteroatoms. The van der Waals surface area contributed by atoms with Gasteiger partial charge in [0.05, 0.1) is 6.54 Å². The molecule has 5 nitrogen and oxygen atoms in total. The van der Waals surface area contributed by atoms with E-state index in [4.69, 9.17) is 0 Å². The predicted octanol–water partition coefficient (Wildman–Crippen LogP) is 4.36. The number of rotatable bonds is 5. The van der Waals surface area contributed by atoms with Crippen molar-refractivity contribution in [1.82, 2.24) is 15.1 Å². The molecule has 0 aliphatic carbocycles. The summed E-state index contributed by atoms with van der Waals surface area (Å²) in [6.45, 7) is 5.40. The van der Waals surface area contributed by atoms with Gasteiger partial charge in [-0.2, -0.15) is 0 Å². The number of hydrogen-bond donors (Lipinski definition) is 1. The maximum absolute atomic E-state index is 13.2. The van der Waals surface area contributed by atoms with Crippen LogP contribution in [0.15, 0.2) is 78.9 Å². The van der Waals surface area contributed by atoms with Crippen LogP contribution in [-0.2, 0) is 11.3 Å². The maximum atomic E-state index is 13.2. The molecule has 2 aliphatic rings. The van der Waals surface area contributed by atoms with Crippen molar-refractivity contribution < 1.29 is 9.59 Å². The van der Waals surface area contributed by atoms with E-state index >= 15 is 0 Å². The largest absolute Gasteiger partial charge is 0.349 e. The summed E-state index contributed by atoms with van der Waals surface area (Å²) < 4.78 is 0. The van der Waals surface area contributed by atoms with E-state index in [1.165, 1.54) is 16.7 Å². The van der Waals surface area contributed by atoms with Crippen molar-refractivity contribution in [2.24, 2.45) is 0 Å². The molecule has 2 amide bonds. The van der Waals surface area contributed by atoms with Crippen LogP contribution in [0.2, 0.25) is 0 Å². The Morgan fingerprint density at radius 3 is 2.34 bits per heavy atom. The molecule has 3 aromatic carbocycles. The van der Waals surface area contributed by atoms with Crippen LogP contribution in [0.25, 0.3) is 0 Å². The lowest BCUT2D eigenvalue weighted by Gasteiger charge is -2.37. The molecular weight excluding hydrogens is 434 g/mol. The van der Waals surface area contributed by atoms with Gasteiger partial charge in [0.1, 0.15) is 0 Å². The van der Waals surface area contributed by atoms with E-state index < -0.39 is 0 Å². The van der Waals surface area contributed by atoms with E-state index in [2.05, 4.69) is 58.7 Å². The summed E-state index contributed by atoms with van der Waals surface area (Å²) in [6.07, 6.45) is 1.58. The minimum atomic E-state index is -0.0215. The third-order valence-electron chi connectivity index (χ3n) is 7.40. The van der Waals surface area contributed by atoms with Crippen molar-refractivity contribution in [3.8, 4) is 0 Å². The summed E-state index contributed by atoms with van der Waals surface area (Å²) in [5.74, 6) is 0.433. The van der Waals surface area contributed by atoms with Gasteiger partial charge in [-0.15, -0.1) is 0 Å². The molecule has 2 aliphatic heterocycles. The fourth-order valence-corrected chi connectivity index (χ4v) is 5.43. The van der Waals surface area contributed by atoms with E-state index in [1.807, 2.05) is 42.2 Å². The SMILES string of the molecule is Cc1ccccc1C(=O)NC1CCN(C(=O)CN2Cc3ccccc3C(c3ccccc3)C2)CC1. The second-order valence-electron chi connectivity index (χ2n) is 9.78. The Hall–Kier alpha value is -3.44. The van der Waals surface area contributed by atoms with Gasteiger partial charge < -0.3 is 10.2 Å². The number of nitrogens with one attached hydrogen (secondary N) is 1. The molecule has 5 rings (SSSR count). The number of likely N-dealkylation sites (tertiary alicyclic amines) is 1. The molecule has 180 valence electrons. The van der Waals surface area contributed by atoms with Gasteiger partial charge in [0.25, 0.3) is 5.91 Å². The Balaban J connectivity index is 1.18. The Kier molecular flexibility index (Phi) is 6.96. The lowest BCUT2D eigenvalue weighted by atomic mass is 9.84. The van der Waals surface area contributed by atoms with Gasteiger partial charge in [0.15, 0.2) is 0 Å². The molecule has 0 radical (unpaired) electrons. The van der Waals surface area contributed by atoms with Crippen molar-refractivity contribution in [2.45, 2.75) is 38.3 Å². The topological polar surface area (TPSA) is 52.7 Å². The molecule has 0 saturated carbocycles. The van der Waals surface area contributed by atoms with E-state index in [9.17, 15) is 9.59 Å². The van der Waals surface area contributed by atoms with Crippen LogP contribution in [0.5, 0.6) is 0 Å². The third kappa shape index (κ3) is 5.30. The number of fused-ring (bicyclic) bond motifs is 1. The molecule has 3 aromatic rings. The molecule has 2 heterocycles. The number of nitrogens with zero attached hydrogens (tertiary/aromatic N) is 2. The highest BCUT2D eigenvalue weighted by molar-refractivity contribution is 5.95. The smallest absolute Gasteiger partial charge is 0.251 e. The molecule has 1 fully saturated rings. The van der Waals surface area contributed by atoms with E-state index in [-0.39, 0.29) is 23.8 Å². The first-order valence-electron chi connectivity index (χ1n) is 12.6. The zero-order valence-electron chi connectivity index (χ0n) is 20.3. The van der Waals surface area contributed by atoms with Gasteiger partial charge in [-0.25, -0.2) is 0 Å². The molecule has 35 heavy (non-hydrogen) atoms. The van der Waals surface area contributed by atoms with Crippen LogP contribution < -0.4 is 5.32 Å². The Labute approximate surface area is 207 Å². The van der Waals surface area contributed by atoms with Gasteiger partial charge in [0, 0.05) is 43.7 Å². The lowest BCUT2D eigenvalue weighted by molar-refractivity contribution is -0.133.